The van der Waals surface area contributed by atoms with Crippen LogP contribution in [0.15, 0.2) is 17.0 Å². The number of nitrogens with two attached hydrogens (primary N) is 1. The first-order valence-corrected chi connectivity index (χ1v) is 6.44. The third-order valence-electron chi connectivity index (χ3n) is 2.49. The van der Waals surface area contributed by atoms with Gasteiger partial charge in [-0.1, -0.05) is 0 Å². The number of nitrogens with zero attached hydrogens (tertiary/aromatic N) is 1. The van der Waals surface area contributed by atoms with E-state index in [0.717, 1.165) is 6.07 Å². The number of anilines is 1. The monoisotopic (exact) mass is 264 g/mol. The Balaban J connectivity index is 3.40. The lowest BCUT2D eigenvalue weighted by Gasteiger charge is -2.24. The number of rotatable bonds is 3. The van der Waals surface area contributed by atoms with Crippen LogP contribution in [-0.4, -0.2) is 21.5 Å². The molecule has 0 aromatic heterocycles. The molecule has 0 aliphatic rings. The number of primary sulfonamides is 1. The molecule has 0 bridgehead atoms. The Morgan fingerprint density at radius 1 is 1.24 bits per heavy atom. The molecule has 0 spiro atoms. The maximum Gasteiger partial charge on any atom is 0.241 e. The van der Waals surface area contributed by atoms with E-state index in [2.05, 4.69) is 0 Å². The molecule has 0 amide bonds. The Morgan fingerprint density at radius 2 is 1.76 bits per heavy atom. The van der Waals surface area contributed by atoms with Crippen molar-refractivity contribution in [2.24, 2.45) is 5.14 Å². The normalized spacial score (nSPS) is 11.9. The van der Waals surface area contributed by atoms with Crippen LogP contribution in [0.2, 0.25) is 0 Å². The van der Waals surface area contributed by atoms with Crippen molar-refractivity contribution in [3.8, 4) is 0 Å². The van der Waals surface area contributed by atoms with Crippen molar-refractivity contribution in [2.45, 2.75) is 24.8 Å². The van der Waals surface area contributed by atoms with Gasteiger partial charge in [-0.15, -0.1) is 0 Å². The Labute approximate surface area is 99.1 Å². The van der Waals surface area contributed by atoms with Crippen LogP contribution in [0.5, 0.6) is 0 Å². The van der Waals surface area contributed by atoms with Gasteiger partial charge in [-0.2, -0.15) is 0 Å². The molecular weight excluding hydrogens is 250 g/mol. The largest absolute Gasteiger partial charge is 0.370 e. The van der Waals surface area contributed by atoms with Gasteiger partial charge in [0.2, 0.25) is 10.0 Å². The first-order valence-electron chi connectivity index (χ1n) is 4.90. The molecule has 1 aromatic rings. The van der Waals surface area contributed by atoms with Crippen molar-refractivity contribution < 1.29 is 17.2 Å². The lowest BCUT2D eigenvalue weighted by molar-refractivity contribution is 0.482. The molecule has 96 valence electrons. The fourth-order valence-electron chi connectivity index (χ4n) is 1.29. The average molecular weight is 264 g/mol. The van der Waals surface area contributed by atoms with Crippen LogP contribution in [0, 0.1) is 11.6 Å². The summed E-state index contributed by atoms with van der Waals surface area (Å²) in [7, 11) is -2.67. The molecule has 0 fully saturated rings. The van der Waals surface area contributed by atoms with E-state index >= 15 is 0 Å². The van der Waals surface area contributed by atoms with Crippen molar-refractivity contribution in [1.82, 2.24) is 0 Å². The SMILES string of the molecule is CC(C)N(C)c1ccc(S(N)(=O)=O)c(F)c1F. The summed E-state index contributed by atoms with van der Waals surface area (Å²) in [6.07, 6.45) is 0. The van der Waals surface area contributed by atoms with E-state index < -0.39 is 26.6 Å². The van der Waals surface area contributed by atoms with Gasteiger partial charge in [-0.3, -0.25) is 0 Å². The summed E-state index contributed by atoms with van der Waals surface area (Å²) in [6.45, 7) is 3.59. The topological polar surface area (TPSA) is 63.4 Å². The molecule has 4 nitrogen and oxygen atoms in total. The first kappa shape index (κ1) is 13.9. The zero-order chi connectivity index (χ0) is 13.4. The molecule has 0 atom stereocenters. The van der Waals surface area contributed by atoms with E-state index in [0.29, 0.717) is 0 Å². The van der Waals surface area contributed by atoms with Crippen molar-refractivity contribution >= 4 is 15.7 Å². The highest BCUT2D eigenvalue weighted by molar-refractivity contribution is 7.89. The van der Waals surface area contributed by atoms with Crippen LogP contribution in [0.1, 0.15) is 13.8 Å². The predicted octanol–water partition coefficient (Wildman–Crippen LogP) is 1.46. The summed E-state index contributed by atoms with van der Waals surface area (Å²) >= 11 is 0. The molecule has 1 rings (SSSR count). The van der Waals surface area contributed by atoms with Gasteiger partial charge in [-0.25, -0.2) is 22.3 Å². The van der Waals surface area contributed by atoms with Gasteiger partial charge in [0.25, 0.3) is 0 Å². The van der Waals surface area contributed by atoms with E-state index in [1.807, 2.05) is 0 Å². The Kier molecular flexibility index (Phi) is 3.73. The predicted molar refractivity (Wildman–Crippen MR) is 61.3 cm³/mol. The highest BCUT2D eigenvalue weighted by Gasteiger charge is 2.22. The molecule has 2 N–H and O–H groups in total. The fraction of sp³-hybridized carbons (Fsp3) is 0.400. The van der Waals surface area contributed by atoms with Gasteiger partial charge < -0.3 is 4.90 Å². The van der Waals surface area contributed by atoms with E-state index in [1.54, 1.807) is 20.9 Å². The number of sulfonamides is 1. The molecule has 0 unspecified atom stereocenters. The number of hydrogen-bond acceptors (Lipinski definition) is 3. The number of benzene rings is 1. The Bertz CT molecular complexity index is 529. The minimum atomic E-state index is -4.25. The zero-order valence-corrected chi connectivity index (χ0v) is 10.6. The highest BCUT2D eigenvalue weighted by Crippen LogP contribution is 2.26. The van der Waals surface area contributed by atoms with Crippen molar-refractivity contribution in [3.05, 3.63) is 23.8 Å². The Hall–Kier alpha value is -1.21. The second kappa shape index (κ2) is 4.58. The zero-order valence-electron chi connectivity index (χ0n) is 9.74. The van der Waals surface area contributed by atoms with Gasteiger partial charge in [0, 0.05) is 13.1 Å². The highest BCUT2D eigenvalue weighted by atomic mass is 32.2. The smallest absolute Gasteiger partial charge is 0.241 e. The van der Waals surface area contributed by atoms with Crippen LogP contribution in [-0.2, 0) is 10.0 Å². The summed E-state index contributed by atoms with van der Waals surface area (Å²) < 4.78 is 49.1. The van der Waals surface area contributed by atoms with Crippen molar-refractivity contribution in [2.75, 3.05) is 11.9 Å². The molecular formula is C10H14F2N2O2S. The fourth-order valence-corrected chi connectivity index (χ4v) is 1.89. The number of halogens is 2. The van der Waals surface area contributed by atoms with Gasteiger partial charge >= 0.3 is 0 Å². The van der Waals surface area contributed by atoms with Crippen molar-refractivity contribution in [3.63, 3.8) is 0 Å². The second-order valence-corrected chi connectivity index (χ2v) is 5.49. The van der Waals surface area contributed by atoms with Crippen molar-refractivity contribution in [1.29, 1.82) is 0 Å². The van der Waals surface area contributed by atoms with Gasteiger partial charge in [0.05, 0.1) is 5.69 Å². The molecule has 1 aromatic carbocycles. The Morgan fingerprint density at radius 3 is 2.18 bits per heavy atom. The van der Waals surface area contributed by atoms with Crippen LogP contribution in [0.4, 0.5) is 14.5 Å². The minimum absolute atomic E-state index is 0.00935. The molecule has 0 heterocycles. The van der Waals surface area contributed by atoms with Crippen LogP contribution in [0.3, 0.4) is 0 Å². The second-order valence-electron chi connectivity index (χ2n) is 3.96. The third kappa shape index (κ3) is 2.73. The summed E-state index contributed by atoms with van der Waals surface area (Å²) in [5.74, 6) is -2.66. The van der Waals surface area contributed by atoms with Crippen LogP contribution >= 0.6 is 0 Å². The molecule has 0 saturated heterocycles. The maximum absolute atomic E-state index is 13.7. The van der Waals surface area contributed by atoms with Gasteiger partial charge in [-0.05, 0) is 26.0 Å². The third-order valence-corrected chi connectivity index (χ3v) is 3.42. The van der Waals surface area contributed by atoms with E-state index in [-0.39, 0.29) is 11.7 Å². The standard InChI is InChI=1S/C10H14F2N2O2S/c1-6(2)14(3)7-4-5-8(17(13,15)16)10(12)9(7)11/h4-6H,1-3H3,(H2,13,15,16). The molecule has 0 aliphatic carbocycles. The summed E-state index contributed by atoms with van der Waals surface area (Å²) in [6, 6.07) is 2.10. The lowest BCUT2D eigenvalue weighted by atomic mass is 10.2. The summed E-state index contributed by atoms with van der Waals surface area (Å²) in [5.41, 5.74) is -0.00935. The molecule has 0 saturated carbocycles. The van der Waals surface area contributed by atoms with Crippen LogP contribution in [0.25, 0.3) is 0 Å². The summed E-state index contributed by atoms with van der Waals surface area (Å²) in [4.78, 5) is 0.654. The lowest BCUT2D eigenvalue weighted by Crippen LogP contribution is -2.27. The van der Waals surface area contributed by atoms with Crippen LogP contribution < -0.4 is 10.0 Å². The maximum atomic E-state index is 13.7. The minimum Gasteiger partial charge on any atom is -0.370 e. The van der Waals surface area contributed by atoms with E-state index in [9.17, 15) is 17.2 Å². The first-order chi connectivity index (χ1) is 7.66. The average Bonchev–Trinajstić information content (AvgIpc) is 2.19. The quantitative estimate of drug-likeness (QED) is 0.899. The number of hydrogen-bond donors (Lipinski definition) is 1. The molecule has 0 radical (unpaired) electrons. The van der Waals surface area contributed by atoms with Gasteiger partial charge in [0.15, 0.2) is 11.6 Å². The molecule has 17 heavy (non-hydrogen) atoms. The summed E-state index contributed by atoms with van der Waals surface area (Å²) in [5, 5.41) is 4.76. The van der Waals surface area contributed by atoms with E-state index in [1.165, 1.54) is 11.0 Å². The van der Waals surface area contributed by atoms with E-state index in [4.69, 9.17) is 5.14 Å². The molecule has 7 heteroatoms. The molecule has 0 aliphatic heterocycles. The van der Waals surface area contributed by atoms with Gasteiger partial charge in [0.1, 0.15) is 4.90 Å².